The lowest BCUT2D eigenvalue weighted by atomic mass is 10.1. The van der Waals surface area contributed by atoms with Crippen molar-refractivity contribution in [2.45, 2.75) is 31.6 Å². The molecule has 1 N–H and O–H groups in total. The van der Waals surface area contributed by atoms with Crippen molar-refractivity contribution in [3.05, 3.63) is 66.1 Å². The third kappa shape index (κ3) is 4.73. The van der Waals surface area contributed by atoms with Gasteiger partial charge < -0.3 is 9.73 Å². The molecule has 29 heavy (non-hydrogen) atoms. The molecule has 0 bridgehead atoms. The number of thioether (sulfide) groups is 1. The van der Waals surface area contributed by atoms with Crippen LogP contribution in [0.4, 0.5) is 8.78 Å². The van der Waals surface area contributed by atoms with Crippen molar-refractivity contribution in [1.29, 1.82) is 0 Å². The van der Waals surface area contributed by atoms with Crippen LogP contribution in [0.3, 0.4) is 0 Å². The standard InChI is InChI=1S/C20H20F2N4O2S/c1-4-8-26-19(16-7-9-28-13(16)3)24-25-20(26)29-11-18(27)23-12(2)15-6-5-14(21)10-17(15)22/h4-7,9-10,12H,1,8,11H2,2-3H3,(H,23,27). The Morgan fingerprint density at radius 1 is 1.38 bits per heavy atom. The van der Waals surface area contributed by atoms with E-state index in [4.69, 9.17) is 4.42 Å². The first-order chi connectivity index (χ1) is 13.9. The fourth-order valence-corrected chi connectivity index (χ4v) is 3.61. The van der Waals surface area contributed by atoms with Gasteiger partial charge in [-0.05, 0) is 26.0 Å². The van der Waals surface area contributed by atoms with E-state index in [2.05, 4.69) is 22.1 Å². The summed E-state index contributed by atoms with van der Waals surface area (Å²) in [6.07, 6.45) is 3.29. The molecule has 9 heteroatoms. The summed E-state index contributed by atoms with van der Waals surface area (Å²) in [4.78, 5) is 12.3. The topological polar surface area (TPSA) is 73.0 Å². The summed E-state index contributed by atoms with van der Waals surface area (Å²) in [5.41, 5.74) is 1.04. The third-order valence-corrected chi connectivity index (χ3v) is 5.23. The van der Waals surface area contributed by atoms with Crippen LogP contribution in [0.1, 0.15) is 24.3 Å². The number of benzene rings is 1. The third-order valence-electron chi connectivity index (χ3n) is 4.27. The van der Waals surface area contributed by atoms with Crippen molar-refractivity contribution in [2.75, 3.05) is 5.75 Å². The molecule has 1 amide bonds. The van der Waals surface area contributed by atoms with Crippen LogP contribution in [0.25, 0.3) is 11.4 Å². The van der Waals surface area contributed by atoms with Crippen molar-refractivity contribution in [3.63, 3.8) is 0 Å². The van der Waals surface area contributed by atoms with Gasteiger partial charge in [0.25, 0.3) is 0 Å². The quantitative estimate of drug-likeness (QED) is 0.437. The molecule has 0 aliphatic carbocycles. The first-order valence-corrected chi connectivity index (χ1v) is 9.85. The van der Waals surface area contributed by atoms with Crippen molar-refractivity contribution < 1.29 is 18.0 Å². The Balaban J connectivity index is 1.68. The minimum atomic E-state index is -0.698. The van der Waals surface area contributed by atoms with Crippen molar-refractivity contribution in [2.24, 2.45) is 0 Å². The van der Waals surface area contributed by atoms with E-state index in [0.29, 0.717) is 23.3 Å². The second-order valence-electron chi connectivity index (χ2n) is 6.34. The number of amides is 1. The summed E-state index contributed by atoms with van der Waals surface area (Å²) >= 11 is 1.21. The summed E-state index contributed by atoms with van der Waals surface area (Å²) < 4.78 is 34.1. The van der Waals surface area contributed by atoms with Gasteiger partial charge in [-0.15, -0.1) is 16.8 Å². The van der Waals surface area contributed by atoms with Crippen LogP contribution in [-0.4, -0.2) is 26.4 Å². The Morgan fingerprint density at radius 2 is 2.17 bits per heavy atom. The van der Waals surface area contributed by atoms with E-state index in [1.807, 2.05) is 11.5 Å². The minimum absolute atomic E-state index is 0.0623. The molecule has 2 aromatic heterocycles. The van der Waals surface area contributed by atoms with E-state index in [1.54, 1.807) is 25.3 Å². The molecular formula is C20H20F2N4O2S. The number of rotatable bonds is 8. The fraction of sp³-hybridized carbons (Fsp3) is 0.250. The Morgan fingerprint density at radius 3 is 2.83 bits per heavy atom. The molecule has 0 spiro atoms. The van der Waals surface area contributed by atoms with Crippen molar-refractivity contribution >= 4 is 17.7 Å². The molecule has 2 heterocycles. The fourth-order valence-electron chi connectivity index (χ4n) is 2.85. The van der Waals surface area contributed by atoms with Gasteiger partial charge in [0, 0.05) is 18.2 Å². The Bertz CT molecular complexity index is 1030. The van der Waals surface area contributed by atoms with Crippen LogP contribution in [-0.2, 0) is 11.3 Å². The van der Waals surface area contributed by atoms with Gasteiger partial charge >= 0.3 is 0 Å². The van der Waals surface area contributed by atoms with Gasteiger partial charge in [0.05, 0.1) is 23.6 Å². The molecule has 1 atom stereocenters. The second-order valence-corrected chi connectivity index (χ2v) is 7.28. The average Bonchev–Trinajstić information content (AvgIpc) is 3.26. The number of aromatic nitrogens is 3. The molecule has 3 aromatic rings. The highest BCUT2D eigenvalue weighted by Crippen LogP contribution is 2.27. The molecule has 0 radical (unpaired) electrons. The number of nitrogens with zero attached hydrogens (tertiary/aromatic N) is 3. The van der Waals surface area contributed by atoms with Gasteiger partial charge in [-0.25, -0.2) is 8.78 Å². The van der Waals surface area contributed by atoms with Gasteiger partial charge in [0.2, 0.25) is 5.91 Å². The first kappa shape index (κ1) is 20.8. The molecule has 0 saturated heterocycles. The van der Waals surface area contributed by atoms with Gasteiger partial charge in [-0.1, -0.05) is 23.9 Å². The number of hydrogen-bond donors (Lipinski definition) is 1. The maximum Gasteiger partial charge on any atom is 0.230 e. The van der Waals surface area contributed by atoms with Crippen LogP contribution in [0.15, 0.2) is 52.8 Å². The van der Waals surface area contributed by atoms with Crippen LogP contribution >= 0.6 is 11.8 Å². The summed E-state index contributed by atoms with van der Waals surface area (Å²) in [6.45, 7) is 7.69. The molecule has 152 valence electrons. The molecule has 6 nitrogen and oxygen atoms in total. The smallest absolute Gasteiger partial charge is 0.230 e. The Labute approximate surface area is 171 Å². The molecule has 0 saturated carbocycles. The summed E-state index contributed by atoms with van der Waals surface area (Å²) in [5.74, 6) is -0.262. The number of allylic oxidation sites excluding steroid dienone is 1. The lowest BCUT2D eigenvalue weighted by Gasteiger charge is -2.15. The van der Waals surface area contributed by atoms with Crippen molar-refractivity contribution in [3.8, 4) is 11.4 Å². The molecule has 3 rings (SSSR count). The van der Waals surface area contributed by atoms with Crippen molar-refractivity contribution in [1.82, 2.24) is 20.1 Å². The van der Waals surface area contributed by atoms with Gasteiger partial charge in [0.1, 0.15) is 17.4 Å². The molecule has 0 aliphatic heterocycles. The van der Waals surface area contributed by atoms with Crippen LogP contribution in [0, 0.1) is 18.6 Å². The van der Waals surface area contributed by atoms with Crippen LogP contribution in [0.2, 0.25) is 0 Å². The first-order valence-electron chi connectivity index (χ1n) is 8.86. The zero-order chi connectivity index (χ0) is 21.0. The highest BCUT2D eigenvalue weighted by Gasteiger charge is 2.19. The Kier molecular flexibility index (Phi) is 6.48. The predicted octanol–water partition coefficient (Wildman–Crippen LogP) is 4.28. The molecule has 1 unspecified atom stereocenters. The highest BCUT2D eigenvalue weighted by atomic mass is 32.2. The van der Waals surface area contributed by atoms with E-state index in [0.717, 1.165) is 17.7 Å². The number of aryl methyl sites for hydroxylation is 1. The van der Waals surface area contributed by atoms with Crippen LogP contribution < -0.4 is 5.32 Å². The van der Waals surface area contributed by atoms with E-state index in [9.17, 15) is 13.6 Å². The lowest BCUT2D eigenvalue weighted by molar-refractivity contribution is -0.119. The second kappa shape index (κ2) is 9.04. The Hall–Kier alpha value is -2.94. The zero-order valence-corrected chi connectivity index (χ0v) is 16.8. The molecule has 0 fully saturated rings. The average molecular weight is 418 g/mol. The highest BCUT2D eigenvalue weighted by molar-refractivity contribution is 7.99. The molecule has 1 aromatic carbocycles. The maximum atomic E-state index is 13.9. The minimum Gasteiger partial charge on any atom is -0.469 e. The van der Waals surface area contributed by atoms with E-state index in [1.165, 1.54) is 17.8 Å². The van der Waals surface area contributed by atoms with E-state index >= 15 is 0 Å². The SMILES string of the molecule is C=CCn1c(SCC(=O)NC(C)c2ccc(F)cc2F)nnc1-c1ccoc1C. The predicted molar refractivity (Wildman–Crippen MR) is 106 cm³/mol. The zero-order valence-electron chi connectivity index (χ0n) is 16.0. The number of furan rings is 1. The van der Waals surface area contributed by atoms with Gasteiger partial charge in [-0.2, -0.15) is 0 Å². The molecule has 0 aliphatic rings. The lowest BCUT2D eigenvalue weighted by Crippen LogP contribution is -2.28. The number of nitrogens with one attached hydrogen (secondary N) is 1. The summed E-state index contributed by atoms with van der Waals surface area (Å²) in [5, 5.41) is 11.6. The number of hydrogen-bond acceptors (Lipinski definition) is 5. The van der Waals surface area contributed by atoms with E-state index < -0.39 is 17.7 Å². The summed E-state index contributed by atoms with van der Waals surface area (Å²) in [7, 11) is 0. The van der Waals surface area contributed by atoms with Gasteiger partial charge in [0.15, 0.2) is 11.0 Å². The number of carbonyl (C=O) groups is 1. The normalized spacial score (nSPS) is 12.0. The maximum absolute atomic E-state index is 13.9. The van der Waals surface area contributed by atoms with Crippen LogP contribution in [0.5, 0.6) is 0 Å². The summed E-state index contributed by atoms with van der Waals surface area (Å²) in [6, 6.07) is 4.48. The number of halogens is 2. The van der Waals surface area contributed by atoms with E-state index in [-0.39, 0.29) is 17.2 Å². The van der Waals surface area contributed by atoms with Gasteiger partial charge in [-0.3, -0.25) is 9.36 Å². The largest absolute Gasteiger partial charge is 0.469 e. The number of carbonyl (C=O) groups excluding carboxylic acids is 1. The monoisotopic (exact) mass is 418 g/mol. The molecular weight excluding hydrogens is 398 g/mol.